The SMILES string of the molecule is CCC/C=C/CO[C@H]1CCc2cc(C3CC[C@]4(COC(=O)C4)C3)ccc2C1. The van der Waals surface area contributed by atoms with Gasteiger partial charge in [-0.15, -0.1) is 0 Å². The number of carbonyl (C=O) groups is 1. The molecule has 0 N–H and O–H groups in total. The number of benzene rings is 1. The number of hydrogen-bond acceptors (Lipinski definition) is 3. The molecule has 1 aromatic carbocycles. The second kappa shape index (κ2) is 8.18. The van der Waals surface area contributed by atoms with Gasteiger partial charge in [-0.25, -0.2) is 0 Å². The van der Waals surface area contributed by atoms with Gasteiger partial charge in [0.2, 0.25) is 0 Å². The largest absolute Gasteiger partial charge is 0.465 e. The first-order valence-electron chi connectivity index (χ1n) is 10.7. The molecule has 0 radical (unpaired) electrons. The van der Waals surface area contributed by atoms with Gasteiger partial charge >= 0.3 is 5.97 Å². The predicted molar refractivity (Wildman–Crippen MR) is 107 cm³/mol. The number of esters is 1. The van der Waals surface area contributed by atoms with Crippen molar-refractivity contribution in [3.63, 3.8) is 0 Å². The molecule has 1 saturated carbocycles. The Balaban J connectivity index is 1.34. The highest BCUT2D eigenvalue weighted by Crippen LogP contribution is 2.51. The lowest BCUT2D eigenvalue weighted by Crippen LogP contribution is -2.23. The van der Waals surface area contributed by atoms with E-state index in [-0.39, 0.29) is 11.4 Å². The Hall–Kier alpha value is -1.61. The molecule has 27 heavy (non-hydrogen) atoms. The molecule has 146 valence electrons. The minimum absolute atomic E-state index is 0.00308. The standard InChI is InChI=1S/C24H32O3/c1-2-3-4-5-12-26-22-9-8-18-13-19(6-7-20(18)14-22)21-10-11-24(15-21)16-23(25)27-17-24/h4-7,13,21-22H,2-3,8-12,14-17H2,1H3/b5-4+/t21?,22-,24-/m0/s1. The van der Waals surface area contributed by atoms with Crippen molar-refractivity contribution in [2.75, 3.05) is 13.2 Å². The third-order valence-corrected chi connectivity index (χ3v) is 6.70. The second-order valence-corrected chi connectivity index (χ2v) is 8.76. The lowest BCUT2D eigenvalue weighted by Gasteiger charge is -2.26. The molecule has 1 unspecified atom stereocenters. The first-order chi connectivity index (χ1) is 13.2. The fraction of sp³-hybridized carbons (Fsp3) is 0.625. The quantitative estimate of drug-likeness (QED) is 0.516. The van der Waals surface area contributed by atoms with Gasteiger partial charge < -0.3 is 9.47 Å². The molecule has 0 aromatic heterocycles. The molecule has 1 spiro atoms. The van der Waals surface area contributed by atoms with E-state index in [1.165, 1.54) is 29.5 Å². The fourth-order valence-electron chi connectivity index (χ4n) is 5.11. The van der Waals surface area contributed by atoms with E-state index in [0.29, 0.717) is 25.0 Å². The van der Waals surface area contributed by atoms with Crippen LogP contribution in [0, 0.1) is 5.41 Å². The summed E-state index contributed by atoms with van der Waals surface area (Å²) in [5.74, 6) is 0.583. The van der Waals surface area contributed by atoms with Gasteiger partial charge in [0.25, 0.3) is 0 Å². The van der Waals surface area contributed by atoms with Gasteiger partial charge in [0.15, 0.2) is 0 Å². The monoisotopic (exact) mass is 368 g/mol. The molecule has 4 rings (SSSR count). The highest BCUT2D eigenvalue weighted by atomic mass is 16.5. The third kappa shape index (κ3) is 4.29. The van der Waals surface area contributed by atoms with Crippen LogP contribution in [-0.4, -0.2) is 25.3 Å². The maximum Gasteiger partial charge on any atom is 0.306 e. The first kappa shape index (κ1) is 18.7. The Morgan fingerprint density at radius 1 is 1.26 bits per heavy atom. The summed E-state index contributed by atoms with van der Waals surface area (Å²) in [4.78, 5) is 11.6. The molecule has 1 aromatic rings. The number of ether oxygens (including phenoxy) is 2. The van der Waals surface area contributed by atoms with Gasteiger partial charge in [-0.3, -0.25) is 4.79 Å². The molecule has 1 aliphatic heterocycles. The van der Waals surface area contributed by atoms with Gasteiger partial charge in [0.05, 0.1) is 25.7 Å². The molecule has 0 bridgehead atoms. The van der Waals surface area contributed by atoms with Gasteiger partial charge in [0.1, 0.15) is 0 Å². The highest BCUT2D eigenvalue weighted by Gasteiger charge is 2.46. The Morgan fingerprint density at radius 3 is 3.00 bits per heavy atom. The molecule has 0 amide bonds. The maximum absolute atomic E-state index is 11.6. The summed E-state index contributed by atoms with van der Waals surface area (Å²) in [6.45, 7) is 3.58. The number of fused-ring (bicyclic) bond motifs is 1. The van der Waals surface area contributed by atoms with Gasteiger partial charge in [-0.05, 0) is 67.6 Å². The number of cyclic esters (lactones) is 1. The van der Waals surface area contributed by atoms with Crippen LogP contribution in [0.2, 0.25) is 0 Å². The number of aryl methyl sites for hydroxylation is 1. The Labute approximate surface area is 163 Å². The Kier molecular flexibility index (Phi) is 5.68. The third-order valence-electron chi connectivity index (χ3n) is 6.70. The summed E-state index contributed by atoms with van der Waals surface area (Å²) in [6.07, 6.45) is 14.4. The molecule has 3 heteroatoms. The zero-order chi connectivity index (χ0) is 18.7. The fourth-order valence-corrected chi connectivity index (χ4v) is 5.11. The van der Waals surface area contributed by atoms with Crippen LogP contribution in [0.1, 0.15) is 74.5 Å². The number of unbranched alkanes of at least 4 members (excludes halogenated alkanes) is 1. The van der Waals surface area contributed by atoms with Crippen molar-refractivity contribution < 1.29 is 14.3 Å². The van der Waals surface area contributed by atoms with Crippen LogP contribution in [-0.2, 0) is 27.1 Å². The van der Waals surface area contributed by atoms with Crippen molar-refractivity contribution in [2.24, 2.45) is 5.41 Å². The summed E-state index contributed by atoms with van der Waals surface area (Å²) in [6, 6.07) is 7.09. The highest BCUT2D eigenvalue weighted by molar-refractivity contribution is 5.72. The summed E-state index contributed by atoms with van der Waals surface area (Å²) >= 11 is 0. The van der Waals surface area contributed by atoms with Crippen LogP contribution in [0.25, 0.3) is 0 Å². The van der Waals surface area contributed by atoms with E-state index in [4.69, 9.17) is 9.47 Å². The van der Waals surface area contributed by atoms with Gasteiger partial charge in [-0.1, -0.05) is 43.7 Å². The minimum atomic E-state index is -0.00308. The topological polar surface area (TPSA) is 35.5 Å². The lowest BCUT2D eigenvalue weighted by molar-refractivity contribution is -0.137. The van der Waals surface area contributed by atoms with Crippen molar-refractivity contribution in [2.45, 2.75) is 76.7 Å². The zero-order valence-electron chi connectivity index (χ0n) is 16.5. The van der Waals surface area contributed by atoms with Crippen LogP contribution >= 0.6 is 0 Å². The zero-order valence-corrected chi connectivity index (χ0v) is 16.5. The van der Waals surface area contributed by atoms with E-state index >= 15 is 0 Å². The maximum atomic E-state index is 11.6. The molecular formula is C24H32O3. The van der Waals surface area contributed by atoms with Crippen LogP contribution < -0.4 is 0 Å². The van der Waals surface area contributed by atoms with Crippen molar-refractivity contribution in [3.05, 3.63) is 47.0 Å². The molecule has 1 saturated heterocycles. The van der Waals surface area contributed by atoms with E-state index < -0.39 is 0 Å². The molecule has 3 atom stereocenters. The summed E-state index contributed by atoms with van der Waals surface area (Å²) < 4.78 is 11.3. The molecule has 3 nitrogen and oxygen atoms in total. The molecule has 2 fully saturated rings. The summed E-state index contributed by atoms with van der Waals surface area (Å²) in [5, 5.41) is 0. The predicted octanol–water partition coefficient (Wildman–Crippen LogP) is 5.12. The van der Waals surface area contributed by atoms with E-state index in [1.807, 2.05) is 0 Å². The number of carbonyl (C=O) groups excluding carboxylic acids is 1. The van der Waals surface area contributed by atoms with Crippen LogP contribution in [0.15, 0.2) is 30.4 Å². The molecule has 1 heterocycles. The van der Waals surface area contributed by atoms with Crippen molar-refractivity contribution >= 4 is 5.97 Å². The lowest BCUT2D eigenvalue weighted by atomic mass is 9.82. The van der Waals surface area contributed by atoms with E-state index in [1.54, 1.807) is 0 Å². The van der Waals surface area contributed by atoms with Gasteiger partial charge in [-0.2, -0.15) is 0 Å². The van der Waals surface area contributed by atoms with Crippen molar-refractivity contribution in [3.8, 4) is 0 Å². The van der Waals surface area contributed by atoms with Crippen LogP contribution in [0.4, 0.5) is 0 Å². The van der Waals surface area contributed by atoms with E-state index in [2.05, 4.69) is 37.3 Å². The van der Waals surface area contributed by atoms with Gasteiger partial charge in [0, 0.05) is 5.41 Å². The number of allylic oxidation sites excluding steroid dienone is 1. The minimum Gasteiger partial charge on any atom is -0.465 e. The summed E-state index contributed by atoms with van der Waals surface area (Å²) in [7, 11) is 0. The average molecular weight is 369 g/mol. The van der Waals surface area contributed by atoms with E-state index in [0.717, 1.165) is 45.1 Å². The van der Waals surface area contributed by atoms with Crippen LogP contribution in [0.5, 0.6) is 0 Å². The number of rotatable bonds is 6. The Morgan fingerprint density at radius 2 is 2.19 bits per heavy atom. The molecule has 2 aliphatic carbocycles. The second-order valence-electron chi connectivity index (χ2n) is 8.76. The van der Waals surface area contributed by atoms with Crippen LogP contribution in [0.3, 0.4) is 0 Å². The summed E-state index contributed by atoms with van der Waals surface area (Å²) in [5.41, 5.74) is 4.56. The average Bonchev–Trinajstić information content (AvgIpc) is 3.27. The normalized spacial score (nSPS) is 30.2. The van der Waals surface area contributed by atoms with E-state index in [9.17, 15) is 4.79 Å². The molecular weight excluding hydrogens is 336 g/mol. The van der Waals surface area contributed by atoms with Crippen molar-refractivity contribution in [1.82, 2.24) is 0 Å². The smallest absolute Gasteiger partial charge is 0.306 e. The van der Waals surface area contributed by atoms with Crippen molar-refractivity contribution in [1.29, 1.82) is 0 Å². The first-order valence-corrected chi connectivity index (χ1v) is 10.7. The number of hydrogen-bond donors (Lipinski definition) is 0. The Bertz CT molecular complexity index is 708. The molecule has 3 aliphatic rings.